The molecule has 2 rings (SSSR count). The summed E-state index contributed by atoms with van der Waals surface area (Å²) in [5.74, 6) is -0.548. The zero-order valence-electron chi connectivity index (χ0n) is 17.2. The van der Waals surface area contributed by atoms with E-state index in [1.165, 1.54) is 12.1 Å². The Bertz CT molecular complexity index is 712. The molecule has 1 fully saturated rings. The molecule has 1 unspecified atom stereocenters. The van der Waals surface area contributed by atoms with E-state index in [0.717, 1.165) is 12.5 Å². The number of halogens is 3. The van der Waals surface area contributed by atoms with Gasteiger partial charge in [0.15, 0.2) is 5.96 Å². The Kier molecular flexibility index (Phi) is 9.87. The molecule has 1 saturated heterocycles. The molecule has 164 valence electrons. The van der Waals surface area contributed by atoms with E-state index >= 15 is 0 Å². The third-order valence-electron chi connectivity index (χ3n) is 4.09. The molecule has 29 heavy (non-hydrogen) atoms. The van der Waals surface area contributed by atoms with Gasteiger partial charge in [-0.1, -0.05) is 0 Å². The van der Waals surface area contributed by atoms with Crippen LogP contribution in [-0.2, 0) is 4.74 Å². The van der Waals surface area contributed by atoms with Crippen molar-refractivity contribution >= 4 is 41.7 Å². The molecule has 0 aliphatic carbocycles. The zero-order valence-corrected chi connectivity index (χ0v) is 19.6. The highest BCUT2D eigenvalue weighted by Crippen LogP contribution is 2.24. The van der Waals surface area contributed by atoms with Crippen LogP contribution in [0.4, 0.5) is 19.3 Å². The Labute approximate surface area is 187 Å². The minimum Gasteiger partial charge on any atom is -0.444 e. The number of carbonyl (C=O) groups is 1. The number of guanidine groups is 1. The predicted octanol–water partition coefficient (Wildman–Crippen LogP) is 2.85. The van der Waals surface area contributed by atoms with Gasteiger partial charge in [-0.25, -0.2) is 13.6 Å². The fraction of sp³-hybridized carbons (Fsp3) is 0.579. The van der Waals surface area contributed by atoms with Crippen molar-refractivity contribution in [2.45, 2.75) is 38.8 Å². The van der Waals surface area contributed by atoms with Crippen LogP contribution in [0.15, 0.2) is 23.2 Å². The van der Waals surface area contributed by atoms with Gasteiger partial charge in [0.25, 0.3) is 0 Å². The van der Waals surface area contributed by atoms with Crippen molar-refractivity contribution in [3.8, 4) is 0 Å². The van der Waals surface area contributed by atoms with Crippen molar-refractivity contribution in [2.75, 3.05) is 38.1 Å². The van der Waals surface area contributed by atoms with E-state index in [-0.39, 0.29) is 30.0 Å². The number of nitrogens with one attached hydrogen (secondary N) is 3. The maximum Gasteiger partial charge on any atom is 0.407 e. The molecule has 1 aromatic carbocycles. The molecule has 0 radical (unpaired) electrons. The number of hydrogen-bond acceptors (Lipinski definition) is 4. The molecule has 1 aliphatic rings. The van der Waals surface area contributed by atoms with Gasteiger partial charge < -0.3 is 25.6 Å². The Hall–Kier alpha value is -1.85. The van der Waals surface area contributed by atoms with E-state index in [2.05, 4.69) is 20.9 Å². The lowest BCUT2D eigenvalue weighted by Crippen LogP contribution is -2.46. The maximum atomic E-state index is 13.9. The summed E-state index contributed by atoms with van der Waals surface area (Å²) in [5, 5.41) is 9.06. The van der Waals surface area contributed by atoms with Crippen molar-refractivity contribution in [2.24, 2.45) is 4.99 Å². The average molecular weight is 525 g/mol. The summed E-state index contributed by atoms with van der Waals surface area (Å²) in [6.45, 7) is 7.52. The first-order valence-electron chi connectivity index (χ1n) is 9.32. The van der Waals surface area contributed by atoms with E-state index in [1.54, 1.807) is 27.8 Å². The lowest BCUT2D eigenvalue weighted by atomic mass is 10.2. The maximum absolute atomic E-state index is 13.9. The molecule has 1 amide bonds. The second-order valence-electron chi connectivity index (χ2n) is 7.60. The van der Waals surface area contributed by atoms with Gasteiger partial charge in [0.2, 0.25) is 0 Å². The number of anilines is 1. The molecule has 1 atom stereocenters. The molecule has 1 aliphatic heterocycles. The summed E-state index contributed by atoms with van der Waals surface area (Å²) in [4.78, 5) is 17.6. The number of hydrogen-bond donors (Lipinski definition) is 3. The fourth-order valence-corrected chi connectivity index (χ4v) is 2.88. The van der Waals surface area contributed by atoms with E-state index in [9.17, 15) is 13.6 Å². The molecular formula is C19H30F2IN5O2. The van der Waals surface area contributed by atoms with Crippen molar-refractivity contribution in [1.29, 1.82) is 0 Å². The minimum absolute atomic E-state index is 0. The van der Waals surface area contributed by atoms with Crippen molar-refractivity contribution in [1.82, 2.24) is 16.0 Å². The van der Waals surface area contributed by atoms with Crippen LogP contribution >= 0.6 is 24.0 Å². The number of rotatable bonds is 5. The smallest absolute Gasteiger partial charge is 0.407 e. The normalized spacial score (nSPS) is 16.8. The number of alkyl carbamates (subject to hydrolysis) is 1. The van der Waals surface area contributed by atoms with Gasteiger partial charge in [-0.15, -0.1) is 24.0 Å². The van der Waals surface area contributed by atoms with E-state index < -0.39 is 23.3 Å². The zero-order chi connectivity index (χ0) is 20.7. The largest absolute Gasteiger partial charge is 0.444 e. The fourth-order valence-electron chi connectivity index (χ4n) is 2.88. The van der Waals surface area contributed by atoms with Crippen molar-refractivity contribution in [3.63, 3.8) is 0 Å². The lowest BCUT2D eigenvalue weighted by molar-refractivity contribution is 0.0529. The van der Waals surface area contributed by atoms with Gasteiger partial charge in [-0.3, -0.25) is 4.99 Å². The molecule has 1 heterocycles. The number of nitrogens with zero attached hydrogens (tertiary/aromatic N) is 2. The number of amides is 1. The van der Waals surface area contributed by atoms with Gasteiger partial charge in [-0.05, 0) is 39.3 Å². The molecule has 7 nitrogen and oxygen atoms in total. The third-order valence-corrected chi connectivity index (χ3v) is 4.09. The van der Waals surface area contributed by atoms with E-state index in [4.69, 9.17) is 4.74 Å². The highest BCUT2D eigenvalue weighted by molar-refractivity contribution is 14.0. The van der Waals surface area contributed by atoms with E-state index in [1.807, 2.05) is 4.90 Å². The van der Waals surface area contributed by atoms with Gasteiger partial charge >= 0.3 is 6.09 Å². The molecule has 0 aromatic heterocycles. The molecule has 3 N–H and O–H groups in total. The first kappa shape index (κ1) is 25.2. The quantitative estimate of drug-likeness (QED) is 0.239. The van der Waals surface area contributed by atoms with E-state index in [0.29, 0.717) is 37.8 Å². The standard InChI is InChI=1S/C19H29F2N5O2.HI/c1-19(2,3)28-18(27)24-9-8-23-17(22-4)25-14-7-10-26(12-14)16-6-5-13(20)11-15(16)21;/h5-6,11,14H,7-10,12H2,1-4H3,(H,24,27)(H2,22,23,25);1H. The van der Waals surface area contributed by atoms with Crippen LogP contribution in [0.3, 0.4) is 0 Å². The second kappa shape index (κ2) is 11.4. The van der Waals surface area contributed by atoms with Crippen LogP contribution in [0.5, 0.6) is 0 Å². The highest BCUT2D eigenvalue weighted by Gasteiger charge is 2.25. The van der Waals surface area contributed by atoms with Gasteiger partial charge in [0, 0.05) is 45.3 Å². The molecular weight excluding hydrogens is 495 g/mol. The average Bonchev–Trinajstić information content (AvgIpc) is 3.04. The number of carbonyl (C=O) groups excluding carboxylic acids is 1. The Balaban J connectivity index is 0.00000420. The van der Waals surface area contributed by atoms with Crippen LogP contribution in [0, 0.1) is 11.6 Å². The first-order valence-corrected chi connectivity index (χ1v) is 9.32. The Morgan fingerprint density at radius 3 is 2.59 bits per heavy atom. The topological polar surface area (TPSA) is 78.0 Å². The molecule has 1 aromatic rings. The van der Waals surface area contributed by atoms with Crippen LogP contribution < -0.4 is 20.9 Å². The highest BCUT2D eigenvalue weighted by atomic mass is 127. The molecule has 0 spiro atoms. The SMILES string of the molecule is CN=C(NCCNC(=O)OC(C)(C)C)NC1CCN(c2ccc(F)cc2F)C1.I. The summed E-state index contributed by atoms with van der Waals surface area (Å²) in [7, 11) is 1.66. The predicted molar refractivity (Wildman–Crippen MR) is 121 cm³/mol. The van der Waals surface area contributed by atoms with Crippen LogP contribution in [0.1, 0.15) is 27.2 Å². The van der Waals surface area contributed by atoms with Gasteiger partial charge in [0.05, 0.1) is 5.69 Å². The Morgan fingerprint density at radius 1 is 1.28 bits per heavy atom. The van der Waals surface area contributed by atoms with Gasteiger partial charge in [-0.2, -0.15) is 0 Å². The first-order chi connectivity index (χ1) is 13.2. The summed E-state index contributed by atoms with van der Waals surface area (Å²) in [6.07, 6.45) is 0.332. The monoisotopic (exact) mass is 525 g/mol. The van der Waals surface area contributed by atoms with Crippen LogP contribution in [0.2, 0.25) is 0 Å². The summed E-state index contributed by atoms with van der Waals surface area (Å²) >= 11 is 0. The molecule has 10 heteroatoms. The second-order valence-corrected chi connectivity index (χ2v) is 7.60. The van der Waals surface area contributed by atoms with Gasteiger partial charge in [0.1, 0.15) is 17.2 Å². The summed E-state index contributed by atoms with van der Waals surface area (Å²) in [6, 6.07) is 3.70. The third kappa shape index (κ3) is 8.58. The summed E-state index contributed by atoms with van der Waals surface area (Å²) in [5.41, 5.74) is -0.136. The molecule has 0 saturated carbocycles. The number of benzene rings is 1. The number of aliphatic imine (C=N–C) groups is 1. The minimum atomic E-state index is -0.584. The Morgan fingerprint density at radius 2 is 1.97 bits per heavy atom. The van der Waals surface area contributed by atoms with Crippen LogP contribution in [-0.4, -0.2) is 56.9 Å². The lowest BCUT2D eigenvalue weighted by Gasteiger charge is -2.21. The summed E-state index contributed by atoms with van der Waals surface area (Å²) < 4.78 is 32.2. The van der Waals surface area contributed by atoms with Crippen LogP contribution in [0.25, 0.3) is 0 Å². The molecule has 0 bridgehead atoms. The van der Waals surface area contributed by atoms with Crippen molar-refractivity contribution < 1.29 is 18.3 Å². The van der Waals surface area contributed by atoms with Crippen molar-refractivity contribution in [3.05, 3.63) is 29.8 Å². The number of ether oxygens (including phenoxy) is 1.